The number of hydrogen-bond donors (Lipinski definition) is 2. The molecule has 2 aromatic rings. The molecular weight excluding hydrogens is 356 g/mol. The van der Waals surface area contributed by atoms with Gasteiger partial charge in [0.2, 0.25) is 9.84 Å². The SMILES string of the molecule is CC(C)(N)CNC(=O)c1ccc(S(=O)(=O)c2ccccc2)s1.Cl. The highest BCUT2D eigenvalue weighted by atomic mass is 35.5. The van der Waals surface area contributed by atoms with E-state index >= 15 is 0 Å². The molecular formula is C15H19ClN2O3S2. The third kappa shape index (κ3) is 5.04. The minimum Gasteiger partial charge on any atom is -0.350 e. The molecule has 0 atom stereocenters. The van der Waals surface area contributed by atoms with Gasteiger partial charge < -0.3 is 11.1 Å². The van der Waals surface area contributed by atoms with Crippen LogP contribution in [0.2, 0.25) is 0 Å². The van der Waals surface area contributed by atoms with E-state index in [1.165, 1.54) is 24.3 Å². The Labute approximate surface area is 146 Å². The van der Waals surface area contributed by atoms with Crippen LogP contribution in [0.3, 0.4) is 0 Å². The number of nitrogens with one attached hydrogen (secondary N) is 1. The van der Waals surface area contributed by atoms with Crippen LogP contribution < -0.4 is 11.1 Å². The van der Waals surface area contributed by atoms with Gasteiger partial charge >= 0.3 is 0 Å². The summed E-state index contributed by atoms with van der Waals surface area (Å²) in [6, 6.07) is 11.1. The average molecular weight is 375 g/mol. The van der Waals surface area contributed by atoms with Crippen molar-refractivity contribution < 1.29 is 13.2 Å². The largest absolute Gasteiger partial charge is 0.350 e. The summed E-state index contributed by atoms with van der Waals surface area (Å²) in [5, 5.41) is 2.70. The zero-order valence-corrected chi connectivity index (χ0v) is 15.2. The average Bonchev–Trinajstić information content (AvgIpc) is 2.95. The van der Waals surface area contributed by atoms with E-state index in [9.17, 15) is 13.2 Å². The lowest BCUT2D eigenvalue weighted by molar-refractivity contribution is 0.0950. The van der Waals surface area contributed by atoms with Crippen LogP contribution >= 0.6 is 23.7 Å². The minimum atomic E-state index is -3.58. The Kier molecular flexibility index (Phi) is 6.35. The molecule has 0 radical (unpaired) electrons. The van der Waals surface area contributed by atoms with Crippen molar-refractivity contribution in [1.82, 2.24) is 5.32 Å². The Bertz CT molecular complexity index is 766. The van der Waals surface area contributed by atoms with Gasteiger partial charge in [0.05, 0.1) is 9.77 Å². The van der Waals surface area contributed by atoms with E-state index in [4.69, 9.17) is 5.73 Å². The van der Waals surface area contributed by atoms with Gasteiger partial charge in [-0.3, -0.25) is 4.79 Å². The van der Waals surface area contributed by atoms with Crippen molar-refractivity contribution in [3.05, 3.63) is 47.3 Å². The molecule has 0 spiro atoms. The quantitative estimate of drug-likeness (QED) is 0.841. The van der Waals surface area contributed by atoms with Crippen molar-refractivity contribution in [2.24, 2.45) is 5.73 Å². The maximum atomic E-state index is 12.4. The van der Waals surface area contributed by atoms with Gasteiger partial charge in [-0.15, -0.1) is 23.7 Å². The van der Waals surface area contributed by atoms with E-state index in [2.05, 4.69) is 5.32 Å². The second-order valence-electron chi connectivity index (χ2n) is 5.61. The fourth-order valence-electron chi connectivity index (χ4n) is 1.70. The van der Waals surface area contributed by atoms with Gasteiger partial charge in [-0.25, -0.2) is 8.42 Å². The van der Waals surface area contributed by atoms with Crippen LogP contribution in [-0.2, 0) is 9.84 Å². The van der Waals surface area contributed by atoms with Crippen LogP contribution in [0, 0.1) is 0 Å². The second kappa shape index (κ2) is 7.44. The number of amides is 1. The summed E-state index contributed by atoms with van der Waals surface area (Å²) in [5.41, 5.74) is 5.28. The number of nitrogens with two attached hydrogens (primary N) is 1. The van der Waals surface area contributed by atoms with Crippen LogP contribution in [-0.4, -0.2) is 26.4 Å². The predicted octanol–water partition coefficient (Wildman–Crippen LogP) is 2.47. The maximum absolute atomic E-state index is 12.4. The summed E-state index contributed by atoms with van der Waals surface area (Å²) in [7, 11) is -3.58. The number of carbonyl (C=O) groups is 1. The first kappa shape index (κ1) is 19.6. The number of hydrogen-bond acceptors (Lipinski definition) is 5. The molecule has 0 aliphatic carbocycles. The lowest BCUT2D eigenvalue weighted by atomic mass is 10.1. The van der Waals surface area contributed by atoms with Crippen molar-refractivity contribution >= 4 is 39.5 Å². The van der Waals surface area contributed by atoms with Gasteiger partial charge in [0.25, 0.3) is 5.91 Å². The Morgan fingerprint density at radius 1 is 1.17 bits per heavy atom. The molecule has 23 heavy (non-hydrogen) atoms. The third-order valence-electron chi connectivity index (χ3n) is 2.83. The fraction of sp³-hybridized carbons (Fsp3) is 0.267. The van der Waals surface area contributed by atoms with Crippen LogP contribution in [0.25, 0.3) is 0 Å². The van der Waals surface area contributed by atoms with Crippen molar-refractivity contribution in [2.75, 3.05) is 6.54 Å². The van der Waals surface area contributed by atoms with Gasteiger partial charge in [-0.05, 0) is 38.1 Å². The van der Waals surface area contributed by atoms with Gasteiger partial charge in [-0.1, -0.05) is 18.2 Å². The predicted molar refractivity (Wildman–Crippen MR) is 94.1 cm³/mol. The number of thiophene rings is 1. The first-order valence-electron chi connectivity index (χ1n) is 6.67. The van der Waals surface area contributed by atoms with Crippen molar-refractivity contribution in [3.8, 4) is 0 Å². The standard InChI is InChI=1S/C15H18N2O3S2.ClH/c1-15(2,16)10-17-14(18)12-8-9-13(21-12)22(19,20)11-6-4-3-5-7-11;/h3-9H,10,16H2,1-2H3,(H,17,18);1H. The van der Waals surface area contributed by atoms with E-state index in [0.717, 1.165) is 11.3 Å². The molecule has 1 aromatic carbocycles. The topological polar surface area (TPSA) is 89.3 Å². The molecule has 0 saturated carbocycles. The van der Waals surface area contributed by atoms with Gasteiger partial charge in [0.15, 0.2) is 0 Å². The summed E-state index contributed by atoms with van der Waals surface area (Å²) >= 11 is 0.953. The van der Waals surface area contributed by atoms with Gasteiger partial charge in [0, 0.05) is 12.1 Å². The van der Waals surface area contributed by atoms with Crippen molar-refractivity contribution in [1.29, 1.82) is 0 Å². The molecule has 5 nitrogen and oxygen atoms in total. The van der Waals surface area contributed by atoms with Crippen molar-refractivity contribution in [3.63, 3.8) is 0 Å². The Hall–Kier alpha value is -1.41. The number of carbonyl (C=O) groups excluding carboxylic acids is 1. The maximum Gasteiger partial charge on any atom is 0.261 e. The highest BCUT2D eigenvalue weighted by Crippen LogP contribution is 2.27. The van der Waals surface area contributed by atoms with Gasteiger partial charge in [-0.2, -0.15) is 0 Å². The molecule has 8 heteroatoms. The summed E-state index contributed by atoms with van der Waals surface area (Å²) in [5.74, 6) is -0.321. The highest BCUT2D eigenvalue weighted by Gasteiger charge is 2.22. The van der Waals surface area contributed by atoms with Gasteiger partial charge in [0.1, 0.15) is 4.21 Å². The first-order chi connectivity index (χ1) is 10.2. The molecule has 0 unspecified atom stereocenters. The van der Waals surface area contributed by atoms with E-state index < -0.39 is 15.4 Å². The summed E-state index contributed by atoms with van der Waals surface area (Å²) in [6.07, 6.45) is 0. The van der Waals surface area contributed by atoms with E-state index in [0.29, 0.717) is 11.4 Å². The number of rotatable bonds is 5. The second-order valence-corrected chi connectivity index (χ2v) is 8.87. The summed E-state index contributed by atoms with van der Waals surface area (Å²) < 4.78 is 25.0. The fourth-order valence-corrected chi connectivity index (χ4v) is 4.34. The molecule has 1 aromatic heterocycles. The molecule has 0 saturated heterocycles. The molecule has 0 aliphatic rings. The van der Waals surface area contributed by atoms with Crippen LogP contribution in [0.5, 0.6) is 0 Å². The lowest BCUT2D eigenvalue weighted by Gasteiger charge is -2.18. The molecule has 2 rings (SSSR count). The zero-order valence-electron chi connectivity index (χ0n) is 12.8. The monoisotopic (exact) mass is 374 g/mol. The van der Waals surface area contributed by atoms with E-state index in [1.54, 1.807) is 32.0 Å². The Balaban J connectivity index is 0.00000264. The van der Waals surface area contributed by atoms with Crippen LogP contribution in [0.15, 0.2) is 51.6 Å². The molecule has 0 fully saturated rings. The molecule has 126 valence electrons. The zero-order chi connectivity index (χ0) is 16.4. The van der Waals surface area contributed by atoms with Crippen LogP contribution in [0.4, 0.5) is 0 Å². The third-order valence-corrected chi connectivity index (χ3v) is 6.17. The molecule has 0 aliphatic heterocycles. The number of benzene rings is 1. The molecule has 1 amide bonds. The Morgan fingerprint density at radius 3 is 2.35 bits per heavy atom. The molecule has 3 N–H and O–H groups in total. The normalized spacial score (nSPS) is 11.6. The molecule has 0 bridgehead atoms. The van der Waals surface area contributed by atoms with Crippen molar-refractivity contribution in [2.45, 2.75) is 28.5 Å². The first-order valence-corrected chi connectivity index (χ1v) is 8.97. The summed E-state index contributed by atoms with van der Waals surface area (Å²) in [6.45, 7) is 3.91. The minimum absolute atomic E-state index is 0. The van der Waals surface area contributed by atoms with E-state index in [-0.39, 0.29) is 27.4 Å². The Morgan fingerprint density at radius 2 is 1.78 bits per heavy atom. The lowest BCUT2D eigenvalue weighted by Crippen LogP contribution is -2.44. The van der Waals surface area contributed by atoms with E-state index in [1.807, 2.05) is 0 Å². The number of sulfone groups is 1. The van der Waals surface area contributed by atoms with Crippen LogP contribution in [0.1, 0.15) is 23.5 Å². The smallest absolute Gasteiger partial charge is 0.261 e. The number of halogens is 1. The molecule has 1 heterocycles. The summed E-state index contributed by atoms with van der Waals surface area (Å²) in [4.78, 5) is 12.6. The highest BCUT2D eigenvalue weighted by molar-refractivity contribution is 7.93.